The zero-order valence-electron chi connectivity index (χ0n) is 32.9. The van der Waals surface area contributed by atoms with Crippen LogP contribution in [0.25, 0.3) is 0 Å². The Balaban J connectivity index is 1.86. The van der Waals surface area contributed by atoms with Crippen LogP contribution in [0.1, 0.15) is 78.1 Å². The monoisotopic (exact) mass is 823 g/mol. The van der Waals surface area contributed by atoms with Gasteiger partial charge in [0, 0.05) is 13.0 Å². The van der Waals surface area contributed by atoms with E-state index in [1.807, 2.05) is 0 Å². The first kappa shape index (κ1) is 48.3. The lowest BCUT2D eigenvalue weighted by atomic mass is 10.1. The van der Waals surface area contributed by atoms with Gasteiger partial charge in [0.1, 0.15) is 30.7 Å². The number of nitrogens with two attached hydrogens (primary N) is 1. The number of nitrogens with zero attached hydrogens (tertiary/aromatic N) is 1. The van der Waals surface area contributed by atoms with Crippen LogP contribution in [-0.2, 0) is 52.7 Å². The molecule has 23 heteroatoms. The molecule has 10 amide bonds. The van der Waals surface area contributed by atoms with Crippen LogP contribution >= 0.6 is 0 Å². The van der Waals surface area contributed by atoms with Crippen molar-refractivity contribution in [3.8, 4) is 0 Å². The van der Waals surface area contributed by atoms with Crippen LogP contribution in [0.4, 0.5) is 0 Å². The first-order valence-corrected chi connectivity index (χ1v) is 19.4. The lowest BCUT2D eigenvalue weighted by Gasteiger charge is -2.24. The second kappa shape index (κ2) is 25.4. The van der Waals surface area contributed by atoms with Gasteiger partial charge in [0.15, 0.2) is 0 Å². The van der Waals surface area contributed by atoms with Crippen LogP contribution in [-0.4, -0.2) is 151 Å². The molecule has 2 aliphatic heterocycles. The van der Waals surface area contributed by atoms with E-state index in [4.69, 9.17) is 10.8 Å². The Morgan fingerprint density at radius 2 is 1.19 bits per heavy atom. The fraction of sp³-hybridized carbons (Fsp3) is 0.686. The lowest BCUT2D eigenvalue weighted by Crippen LogP contribution is -2.56. The molecule has 0 aromatic rings. The average molecular weight is 824 g/mol. The van der Waals surface area contributed by atoms with Crippen molar-refractivity contribution in [1.82, 2.24) is 52.8 Å². The van der Waals surface area contributed by atoms with Crippen LogP contribution in [0.5, 0.6) is 0 Å². The summed E-state index contributed by atoms with van der Waals surface area (Å²) in [4.78, 5) is 138. The van der Waals surface area contributed by atoms with Gasteiger partial charge in [0.2, 0.25) is 59.1 Å². The number of nitrogens with one attached hydrogen (secondary N) is 9. The quantitative estimate of drug-likeness (QED) is 0.0411. The molecule has 0 aromatic heterocycles. The number of carbonyl (C=O) groups excluding carboxylic acids is 10. The molecular weight excluding hydrogens is 766 g/mol. The van der Waals surface area contributed by atoms with E-state index in [9.17, 15) is 52.7 Å². The number of likely N-dealkylation sites (tertiary alicyclic amines) is 1. The van der Waals surface area contributed by atoms with Crippen LogP contribution < -0.4 is 53.6 Å². The largest absolute Gasteiger partial charge is 0.480 e. The molecule has 324 valence electrons. The maximum atomic E-state index is 13.2. The van der Waals surface area contributed by atoms with Crippen LogP contribution in [0.3, 0.4) is 0 Å². The summed E-state index contributed by atoms with van der Waals surface area (Å²) in [5.74, 6) is -7.99. The molecule has 58 heavy (non-hydrogen) atoms. The maximum Gasteiger partial charge on any atom is 0.322 e. The van der Waals surface area contributed by atoms with Gasteiger partial charge >= 0.3 is 5.97 Å². The molecule has 12 N–H and O–H groups in total. The highest BCUT2D eigenvalue weighted by Crippen LogP contribution is 2.17. The van der Waals surface area contributed by atoms with E-state index in [-0.39, 0.29) is 38.1 Å². The van der Waals surface area contributed by atoms with Gasteiger partial charge in [0.25, 0.3) is 0 Å². The normalized spacial score (nSPS) is 17.4. The minimum atomic E-state index is -1.28. The summed E-state index contributed by atoms with van der Waals surface area (Å²) in [6.45, 7) is 1.76. The third-order valence-corrected chi connectivity index (χ3v) is 9.14. The van der Waals surface area contributed by atoms with Gasteiger partial charge in [-0.15, -0.1) is 0 Å². The Morgan fingerprint density at radius 1 is 0.638 bits per heavy atom. The van der Waals surface area contributed by atoms with Crippen molar-refractivity contribution in [3.05, 3.63) is 0 Å². The summed E-state index contributed by atoms with van der Waals surface area (Å²) in [6, 6.07) is -4.84. The first-order valence-electron chi connectivity index (χ1n) is 19.4. The van der Waals surface area contributed by atoms with Crippen molar-refractivity contribution in [3.63, 3.8) is 0 Å². The van der Waals surface area contributed by atoms with Crippen molar-refractivity contribution in [1.29, 1.82) is 0 Å². The first-order chi connectivity index (χ1) is 27.6. The third-order valence-electron chi connectivity index (χ3n) is 9.14. The van der Waals surface area contributed by atoms with Crippen molar-refractivity contribution < 1.29 is 57.8 Å². The molecule has 0 saturated carbocycles. The molecule has 2 saturated heterocycles. The molecule has 2 heterocycles. The Morgan fingerprint density at radius 3 is 1.74 bits per heavy atom. The number of carboxylic acids is 1. The predicted octanol–water partition coefficient (Wildman–Crippen LogP) is -5.28. The molecule has 0 spiro atoms. The smallest absolute Gasteiger partial charge is 0.322 e. The molecule has 2 aliphatic rings. The summed E-state index contributed by atoms with van der Waals surface area (Å²) in [5.41, 5.74) is 5.25. The van der Waals surface area contributed by atoms with Crippen LogP contribution in [0.15, 0.2) is 0 Å². The molecule has 2 rings (SSSR count). The van der Waals surface area contributed by atoms with E-state index >= 15 is 0 Å². The average Bonchev–Trinajstić information content (AvgIpc) is 3.91. The fourth-order valence-corrected chi connectivity index (χ4v) is 6.17. The standard InChI is InChI=1S/C35H57N11O12/c1-3-7-21(32(55)39-15-26(48)38-18-29(51)46-14-6-10-24(46)35(58)42-19-30(52)53)43-27(49)17-41-33(56)22(8-4-2)45-34(57)23(11-12-25(36)47)44-28(50)16-40-31(54)20-9-5-13-37-20/h20-24,37H,3-19H2,1-2H3,(H2,36,47)(H,38,48)(H,39,55)(H,40,54)(H,41,56)(H,42,58)(H,43,49)(H,44,50)(H,45,57)(H,52,53). The summed E-state index contributed by atoms with van der Waals surface area (Å²) < 4.78 is 0. The molecule has 5 atom stereocenters. The third kappa shape index (κ3) is 17.5. The van der Waals surface area contributed by atoms with Gasteiger partial charge in [-0.05, 0) is 51.5 Å². The molecule has 0 aliphatic carbocycles. The zero-order chi connectivity index (χ0) is 43.2. The summed E-state index contributed by atoms with van der Waals surface area (Å²) in [6.07, 6.45) is 2.99. The molecule has 23 nitrogen and oxygen atoms in total. The van der Waals surface area contributed by atoms with Crippen LogP contribution in [0, 0.1) is 0 Å². The highest BCUT2D eigenvalue weighted by atomic mass is 16.4. The van der Waals surface area contributed by atoms with Gasteiger partial charge in [-0.2, -0.15) is 0 Å². The SMILES string of the molecule is CCCC(NC(=O)CNC(=O)C(CCC)NC(=O)C(CCC(N)=O)NC(=O)CNC(=O)C1CCCN1)C(=O)NCC(=O)NCC(=O)N1CCCC1C(=O)NCC(=O)O. The van der Waals surface area contributed by atoms with E-state index in [0.717, 1.165) is 6.42 Å². The second-order valence-corrected chi connectivity index (χ2v) is 13.8. The van der Waals surface area contributed by atoms with Crippen molar-refractivity contribution >= 4 is 65.0 Å². The summed E-state index contributed by atoms with van der Waals surface area (Å²) in [7, 11) is 0. The highest BCUT2D eigenvalue weighted by molar-refractivity contribution is 5.96. The Kier molecular flexibility index (Phi) is 21.1. The van der Waals surface area contributed by atoms with Gasteiger partial charge in [-0.1, -0.05) is 26.7 Å². The van der Waals surface area contributed by atoms with E-state index in [1.165, 1.54) is 4.90 Å². The van der Waals surface area contributed by atoms with Crippen molar-refractivity contribution in [2.75, 3.05) is 45.8 Å². The topological polar surface area (TPSA) is 346 Å². The molecule has 2 fully saturated rings. The molecule has 5 unspecified atom stereocenters. The zero-order valence-corrected chi connectivity index (χ0v) is 32.9. The predicted molar refractivity (Wildman–Crippen MR) is 202 cm³/mol. The number of rotatable bonds is 25. The Labute approximate surface area is 335 Å². The molecule has 0 bridgehead atoms. The van der Waals surface area contributed by atoms with E-state index < -0.39 is 122 Å². The van der Waals surface area contributed by atoms with Gasteiger partial charge in [-0.25, -0.2) is 0 Å². The minimum Gasteiger partial charge on any atom is -0.480 e. The number of aliphatic carboxylic acids is 1. The van der Waals surface area contributed by atoms with Crippen molar-refractivity contribution in [2.24, 2.45) is 5.73 Å². The van der Waals surface area contributed by atoms with Crippen LogP contribution in [0.2, 0.25) is 0 Å². The van der Waals surface area contributed by atoms with Gasteiger partial charge < -0.3 is 63.6 Å². The number of amides is 10. The Hall–Kier alpha value is -5.87. The molecule has 0 aromatic carbocycles. The van der Waals surface area contributed by atoms with E-state index in [1.54, 1.807) is 13.8 Å². The lowest BCUT2D eigenvalue weighted by molar-refractivity contribution is -0.141. The van der Waals surface area contributed by atoms with E-state index in [0.29, 0.717) is 38.6 Å². The highest BCUT2D eigenvalue weighted by Gasteiger charge is 2.34. The molecule has 0 radical (unpaired) electrons. The van der Waals surface area contributed by atoms with E-state index in [2.05, 4.69) is 47.9 Å². The maximum absolute atomic E-state index is 13.2. The van der Waals surface area contributed by atoms with Gasteiger partial charge in [-0.3, -0.25) is 52.7 Å². The van der Waals surface area contributed by atoms with Crippen molar-refractivity contribution in [2.45, 2.75) is 108 Å². The number of primary amides is 1. The van der Waals surface area contributed by atoms with Gasteiger partial charge in [0.05, 0.1) is 32.2 Å². The number of carboxylic acid groups (broad SMARTS) is 1. The number of hydrogen-bond donors (Lipinski definition) is 11. The second-order valence-electron chi connectivity index (χ2n) is 13.8. The molecular formula is C35H57N11O12. The summed E-state index contributed by atoms with van der Waals surface area (Å²) >= 11 is 0. The minimum absolute atomic E-state index is 0.134. The number of carbonyl (C=O) groups is 11. The number of hydrogen-bond acceptors (Lipinski definition) is 12. The summed E-state index contributed by atoms with van der Waals surface area (Å²) in [5, 5.41) is 31.1. The fourth-order valence-electron chi connectivity index (χ4n) is 6.17. The Bertz CT molecular complexity index is 1520.